The number of aliphatic hydroxyl groups excluding tert-OH is 1. The first kappa shape index (κ1) is 13.9. The van der Waals surface area contributed by atoms with Gasteiger partial charge in [0.2, 0.25) is 6.79 Å². The maximum Gasteiger partial charge on any atom is 0.253 e. The van der Waals surface area contributed by atoms with Gasteiger partial charge in [-0.15, -0.1) is 11.3 Å². The summed E-state index contributed by atoms with van der Waals surface area (Å²) < 4.78 is 10.5. The van der Waals surface area contributed by atoms with Crippen LogP contribution in [0.5, 0.6) is 11.5 Å². The molecule has 1 aliphatic heterocycles. The summed E-state index contributed by atoms with van der Waals surface area (Å²) in [7, 11) is 1.67. The van der Waals surface area contributed by atoms with Crippen molar-refractivity contribution in [2.24, 2.45) is 0 Å². The number of benzene rings is 1. The van der Waals surface area contributed by atoms with Crippen LogP contribution in [0.25, 0.3) is 0 Å². The first-order chi connectivity index (χ1) is 10.1. The van der Waals surface area contributed by atoms with E-state index in [1.54, 1.807) is 25.2 Å². The van der Waals surface area contributed by atoms with Crippen LogP contribution in [0, 0.1) is 0 Å². The van der Waals surface area contributed by atoms with Crippen molar-refractivity contribution in [2.75, 3.05) is 20.4 Å². The Bertz CT molecular complexity index is 641. The van der Waals surface area contributed by atoms with Gasteiger partial charge in [-0.25, -0.2) is 0 Å². The van der Waals surface area contributed by atoms with Gasteiger partial charge in [0, 0.05) is 17.5 Å². The van der Waals surface area contributed by atoms with Crippen molar-refractivity contribution in [1.82, 2.24) is 4.90 Å². The SMILES string of the molecule is CN(CC(O)c1cccs1)C(=O)c1ccc2c(c1)OCO2. The Hall–Kier alpha value is -2.05. The van der Waals surface area contributed by atoms with Crippen LogP contribution in [0.3, 0.4) is 0 Å². The molecule has 0 bridgehead atoms. The molecule has 5 nitrogen and oxygen atoms in total. The van der Waals surface area contributed by atoms with E-state index in [2.05, 4.69) is 0 Å². The van der Waals surface area contributed by atoms with E-state index in [1.165, 1.54) is 16.2 Å². The van der Waals surface area contributed by atoms with Crippen LogP contribution in [0.2, 0.25) is 0 Å². The number of carbonyl (C=O) groups is 1. The zero-order chi connectivity index (χ0) is 14.8. The second kappa shape index (κ2) is 5.75. The van der Waals surface area contributed by atoms with Crippen molar-refractivity contribution in [2.45, 2.75) is 6.10 Å². The van der Waals surface area contributed by atoms with Crippen molar-refractivity contribution >= 4 is 17.2 Å². The number of nitrogens with zero attached hydrogens (tertiary/aromatic N) is 1. The van der Waals surface area contributed by atoms with Crippen molar-refractivity contribution in [3.8, 4) is 11.5 Å². The fourth-order valence-corrected chi connectivity index (χ4v) is 2.87. The summed E-state index contributed by atoms with van der Waals surface area (Å²) in [4.78, 5) is 14.7. The normalized spacial score (nSPS) is 14.0. The molecule has 3 rings (SSSR count). The van der Waals surface area contributed by atoms with E-state index in [0.717, 1.165) is 4.88 Å². The predicted molar refractivity (Wildman–Crippen MR) is 78.8 cm³/mol. The van der Waals surface area contributed by atoms with Gasteiger partial charge in [0.1, 0.15) is 6.10 Å². The molecule has 0 aliphatic carbocycles. The molecule has 1 atom stereocenters. The Labute approximate surface area is 126 Å². The minimum atomic E-state index is -0.673. The Morgan fingerprint density at radius 1 is 1.38 bits per heavy atom. The van der Waals surface area contributed by atoms with E-state index in [0.29, 0.717) is 17.1 Å². The first-order valence-electron chi connectivity index (χ1n) is 6.52. The second-order valence-electron chi connectivity index (χ2n) is 4.78. The highest BCUT2D eigenvalue weighted by Crippen LogP contribution is 2.32. The van der Waals surface area contributed by atoms with E-state index >= 15 is 0 Å². The molecule has 1 amide bonds. The van der Waals surface area contributed by atoms with Crippen LogP contribution in [-0.4, -0.2) is 36.3 Å². The maximum absolute atomic E-state index is 12.4. The number of carbonyl (C=O) groups excluding carboxylic acids is 1. The fraction of sp³-hybridized carbons (Fsp3) is 0.267. The van der Waals surface area contributed by atoms with Gasteiger partial charge in [-0.05, 0) is 29.6 Å². The Kier molecular flexibility index (Phi) is 3.81. The smallest absolute Gasteiger partial charge is 0.253 e. The molecule has 0 saturated carbocycles. The van der Waals surface area contributed by atoms with Crippen LogP contribution < -0.4 is 9.47 Å². The van der Waals surface area contributed by atoms with Crippen molar-refractivity contribution in [1.29, 1.82) is 0 Å². The standard InChI is InChI=1S/C15H15NO4S/c1-16(8-11(17)14-3-2-6-21-14)15(18)10-4-5-12-13(7-10)20-9-19-12/h2-7,11,17H,8-9H2,1H3. The molecular weight excluding hydrogens is 290 g/mol. The first-order valence-corrected chi connectivity index (χ1v) is 7.39. The number of likely N-dealkylation sites (N-methyl/N-ethyl adjacent to an activating group) is 1. The molecular formula is C15H15NO4S. The number of thiophene rings is 1. The third-order valence-corrected chi connectivity index (χ3v) is 4.26. The summed E-state index contributed by atoms with van der Waals surface area (Å²) in [6, 6.07) is 8.82. The number of hydrogen-bond donors (Lipinski definition) is 1. The molecule has 6 heteroatoms. The summed E-state index contributed by atoms with van der Waals surface area (Å²) in [5.74, 6) is 1.06. The fourth-order valence-electron chi connectivity index (χ4n) is 2.16. The average Bonchev–Trinajstić information content (AvgIpc) is 3.16. The Morgan fingerprint density at radius 2 is 2.19 bits per heavy atom. The molecule has 0 spiro atoms. The minimum absolute atomic E-state index is 0.163. The molecule has 1 unspecified atom stereocenters. The summed E-state index contributed by atoms with van der Waals surface area (Å²) in [5.41, 5.74) is 0.514. The third kappa shape index (κ3) is 2.86. The van der Waals surface area contributed by atoms with Gasteiger partial charge in [-0.1, -0.05) is 6.07 Å². The molecule has 0 fully saturated rings. The Balaban J connectivity index is 1.69. The lowest BCUT2D eigenvalue weighted by molar-refractivity contribution is 0.0685. The van der Waals surface area contributed by atoms with Crippen molar-refractivity contribution in [3.05, 3.63) is 46.2 Å². The number of rotatable bonds is 4. The van der Waals surface area contributed by atoms with Gasteiger partial charge in [0.25, 0.3) is 5.91 Å². The predicted octanol–water partition coefficient (Wildman–Crippen LogP) is 2.28. The molecule has 1 N–H and O–H groups in total. The molecule has 2 heterocycles. The van der Waals surface area contributed by atoms with Crippen LogP contribution >= 0.6 is 11.3 Å². The highest BCUT2D eigenvalue weighted by Gasteiger charge is 2.20. The van der Waals surface area contributed by atoms with Crippen LogP contribution in [0.4, 0.5) is 0 Å². The largest absolute Gasteiger partial charge is 0.454 e. The molecule has 1 aromatic carbocycles. The molecule has 110 valence electrons. The van der Waals surface area contributed by atoms with E-state index in [4.69, 9.17) is 9.47 Å². The second-order valence-corrected chi connectivity index (χ2v) is 5.76. The van der Waals surface area contributed by atoms with Crippen molar-refractivity contribution in [3.63, 3.8) is 0 Å². The van der Waals surface area contributed by atoms with Gasteiger partial charge < -0.3 is 19.5 Å². The topological polar surface area (TPSA) is 59.0 Å². The zero-order valence-corrected chi connectivity index (χ0v) is 12.3. The van der Waals surface area contributed by atoms with Gasteiger partial charge in [-0.3, -0.25) is 4.79 Å². The summed E-state index contributed by atoms with van der Waals surface area (Å²) >= 11 is 1.47. The highest BCUT2D eigenvalue weighted by atomic mass is 32.1. The van der Waals surface area contributed by atoms with E-state index in [1.807, 2.05) is 17.5 Å². The minimum Gasteiger partial charge on any atom is -0.454 e. The molecule has 1 aromatic heterocycles. The number of ether oxygens (including phenoxy) is 2. The monoisotopic (exact) mass is 305 g/mol. The summed E-state index contributed by atoms with van der Waals surface area (Å²) in [6.45, 7) is 0.424. The average molecular weight is 305 g/mol. The summed E-state index contributed by atoms with van der Waals surface area (Å²) in [5, 5.41) is 12.0. The van der Waals surface area contributed by atoms with Crippen molar-refractivity contribution < 1.29 is 19.4 Å². The Morgan fingerprint density at radius 3 is 2.95 bits per heavy atom. The molecule has 0 saturated heterocycles. The van der Waals surface area contributed by atoms with E-state index < -0.39 is 6.10 Å². The maximum atomic E-state index is 12.4. The lowest BCUT2D eigenvalue weighted by Gasteiger charge is -2.20. The quantitative estimate of drug-likeness (QED) is 0.941. The van der Waals surface area contributed by atoms with Gasteiger partial charge >= 0.3 is 0 Å². The molecule has 2 aromatic rings. The number of aliphatic hydroxyl groups is 1. The van der Waals surface area contributed by atoms with Crippen LogP contribution in [-0.2, 0) is 0 Å². The molecule has 1 aliphatic rings. The van der Waals surface area contributed by atoms with E-state index in [9.17, 15) is 9.90 Å². The number of hydrogen-bond acceptors (Lipinski definition) is 5. The van der Waals surface area contributed by atoms with Crippen LogP contribution in [0.1, 0.15) is 21.3 Å². The molecule has 21 heavy (non-hydrogen) atoms. The third-order valence-electron chi connectivity index (χ3n) is 3.28. The van der Waals surface area contributed by atoms with Crippen LogP contribution in [0.15, 0.2) is 35.7 Å². The number of fused-ring (bicyclic) bond motifs is 1. The highest BCUT2D eigenvalue weighted by molar-refractivity contribution is 7.10. The van der Waals surface area contributed by atoms with Gasteiger partial charge in [-0.2, -0.15) is 0 Å². The number of amides is 1. The zero-order valence-electron chi connectivity index (χ0n) is 11.5. The summed E-state index contributed by atoms with van der Waals surface area (Å²) in [6.07, 6.45) is -0.673. The van der Waals surface area contributed by atoms with E-state index in [-0.39, 0.29) is 19.2 Å². The molecule has 0 radical (unpaired) electrons. The lowest BCUT2D eigenvalue weighted by Crippen LogP contribution is -2.30. The van der Waals surface area contributed by atoms with Gasteiger partial charge in [0.05, 0.1) is 6.54 Å². The lowest BCUT2D eigenvalue weighted by atomic mass is 10.1. The van der Waals surface area contributed by atoms with Gasteiger partial charge in [0.15, 0.2) is 11.5 Å².